The largest absolute Gasteiger partial charge is 0.390 e. The van der Waals surface area contributed by atoms with Gasteiger partial charge < -0.3 is 5.11 Å². The first-order chi connectivity index (χ1) is 6.73. The Hall–Kier alpha value is -0.0400. The third-order valence-electron chi connectivity index (χ3n) is 3.75. The van der Waals surface area contributed by atoms with Gasteiger partial charge >= 0.3 is 0 Å². The fraction of sp³-hybridized carbons (Fsp3) is 1.00. The topological polar surface area (TPSA) is 20.2 Å². The molecule has 0 aromatic heterocycles. The standard InChI is InChI=1S/C13H26O/c1-3-8-12(9-4-2)13(14)10-6-5-7-11-13/h12,14H,3-11H2,1-2H3. The second-order valence-corrected chi connectivity index (χ2v) is 4.94. The summed E-state index contributed by atoms with van der Waals surface area (Å²) in [6.45, 7) is 4.46. The molecule has 1 fully saturated rings. The average Bonchev–Trinajstić information content (AvgIpc) is 2.19. The Kier molecular flexibility index (Phi) is 4.94. The van der Waals surface area contributed by atoms with Crippen LogP contribution in [0.1, 0.15) is 71.6 Å². The predicted molar refractivity (Wildman–Crippen MR) is 61.3 cm³/mol. The molecule has 0 aliphatic heterocycles. The summed E-state index contributed by atoms with van der Waals surface area (Å²) in [4.78, 5) is 0. The highest BCUT2D eigenvalue weighted by Gasteiger charge is 2.36. The Balaban J connectivity index is 2.53. The second kappa shape index (κ2) is 5.75. The lowest BCUT2D eigenvalue weighted by atomic mass is 9.72. The molecule has 0 unspecified atom stereocenters. The van der Waals surface area contributed by atoms with Crippen LogP contribution in [-0.4, -0.2) is 10.7 Å². The number of aliphatic hydroxyl groups is 1. The molecule has 0 bridgehead atoms. The molecule has 0 amide bonds. The molecule has 1 N–H and O–H groups in total. The van der Waals surface area contributed by atoms with Crippen LogP contribution >= 0.6 is 0 Å². The van der Waals surface area contributed by atoms with Crippen LogP contribution in [0.5, 0.6) is 0 Å². The molecule has 1 aliphatic rings. The monoisotopic (exact) mass is 198 g/mol. The van der Waals surface area contributed by atoms with E-state index >= 15 is 0 Å². The van der Waals surface area contributed by atoms with Crippen LogP contribution < -0.4 is 0 Å². The van der Waals surface area contributed by atoms with Crippen LogP contribution in [-0.2, 0) is 0 Å². The molecule has 1 saturated carbocycles. The predicted octanol–water partition coefficient (Wildman–Crippen LogP) is 3.90. The SMILES string of the molecule is CCCC(CCC)C1(O)CCCCC1. The van der Waals surface area contributed by atoms with Gasteiger partial charge in [0.05, 0.1) is 5.60 Å². The van der Waals surface area contributed by atoms with Crippen LogP contribution in [0.2, 0.25) is 0 Å². The van der Waals surface area contributed by atoms with Gasteiger partial charge in [-0.15, -0.1) is 0 Å². The lowest BCUT2D eigenvalue weighted by molar-refractivity contribution is -0.0554. The van der Waals surface area contributed by atoms with Crippen LogP contribution in [0, 0.1) is 5.92 Å². The van der Waals surface area contributed by atoms with Crippen molar-refractivity contribution in [1.82, 2.24) is 0 Å². The number of hydrogen-bond donors (Lipinski definition) is 1. The molecule has 0 radical (unpaired) electrons. The van der Waals surface area contributed by atoms with Gasteiger partial charge in [-0.05, 0) is 31.6 Å². The zero-order valence-electron chi connectivity index (χ0n) is 9.89. The Bertz CT molecular complexity index is 141. The summed E-state index contributed by atoms with van der Waals surface area (Å²) in [6.07, 6.45) is 10.8. The van der Waals surface area contributed by atoms with E-state index in [0.717, 1.165) is 12.8 Å². The summed E-state index contributed by atoms with van der Waals surface area (Å²) in [7, 11) is 0. The van der Waals surface area contributed by atoms with E-state index in [-0.39, 0.29) is 5.60 Å². The minimum absolute atomic E-state index is 0.301. The summed E-state index contributed by atoms with van der Waals surface area (Å²) in [6, 6.07) is 0. The normalized spacial score (nSPS) is 21.4. The average molecular weight is 198 g/mol. The molecular formula is C13H26O. The van der Waals surface area contributed by atoms with Gasteiger partial charge in [0.1, 0.15) is 0 Å². The van der Waals surface area contributed by atoms with Crippen molar-refractivity contribution in [3.63, 3.8) is 0 Å². The summed E-state index contributed by atoms with van der Waals surface area (Å²) in [5, 5.41) is 10.6. The summed E-state index contributed by atoms with van der Waals surface area (Å²) in [5.41, 5.74) is -0.301. The third-order valence-corrected chi connectivity index (χ3v) is 3.75. The van der Waals surface area contributed by atoms with Crippen molar-refractivity contribution < 1.29 is 5.11 Å². The van der Waals surface area contributed by atoms with Crippen molar-refractivity contribution in [2.24, 2.45) is 5.92 Å². The highest BCUT2D eigenvalue weighted by molar-refractivity contribution is 4.88. The van der Waals surface area contributed by atoms with E-state index in [1.807, 2.05) is 0 Å². The lowest BCUT2D eigenvalue weighted by Gasteiger charge is -2.39. The molecule has 0 atom stereocenters. The van der Waals surface area contributed by atoms with E-state index < -0.39 is 0 Å². The molecule has 1 aliphatic carbocycles. The van der Waals surface area contributed by atoms with E-state index in [1.54, 1.807) is 0 Å². The van der Waals surface area contributed by atoms with Gasteiger partial charge in [0.2, 0.25) is 0 Å². The maximum atomic E-state index is 10.6. The molecule has 0 saturated heterocycles. The molecule has 0 heterocycles. The molecule has 0 spiro atoms. The van der Waals surface area contributed by atoms with Crippen LogP contribution in [0.25, 0.3) is 0 Å². The lowest BCUT2D eigenvalue weighted by Crippen LogP contribution is -2.39. The third kappa shape index (κ3) is 2.98. The van der Waals surface area contributed by atoms with Crippen molar-refractivity contribution in [3.8, 4) is 0 Å². The van der Waals surface area contributed by atoms with E-state index in [9.17, 15) is 5.11 Å². The zero-order valence-corrected chi connectivity index (χ0v) is 9.89. The molecule has 1 rings (SSSR count). The molecule has 14 heavy (non-hydrogen) atoms. The minimum Gasteiger partial charge on any atom is -0.390 e. The fourth-order valence-corrected chi connectivity index (χ4v) is 2.95. The van der Waals surface area contributed by atoms with Gasteiger partial charge in [0.15, 0.2) is 0 Å². The maximum Gasteiger partial charge on any atom is 0.0675 e. The number of rotatable bonds is 5. The van der Waals surface area contributed by atoms with E-state index in [1.165, 1.54) is 44.9 Å². The van der Waals surface area contributed by atoms with Crippen LogP contribution in [0.15, 0.2) is 0 Å². The minimum atomic E-state index is -0.301. The Labute approximate surface area is 88.9 Å². The highest BCUT2D eigenvalue weighted by atomic mass is 16.3. The van der Waals surface area contributed by atoms with Crippen molar-refractivity contribution >= 4 is 0 Å². The first kappa shape index (κ1) is 12.0. The maximum absolute atomic E-state index is 10.6. The first-order valence-electron chi connectivity index (χ1n) is 6.45. The Morgan fingerprint density at radius 3 is 1.93 bits per heavy atom. The smallest absolute Gasteiger partial charge is 0.0675 e. The van der Waals surface area contributed by atoms with E-state index in [0.29, 0.717) is 5.92 Å². The summed E-state index contributed by atoms with van der Waals surface area (Å²) >= 11 is 0. The molecular weight excluding hydrogens is 172 g/mol. The van der Waals surface area contributed by atoms with Gasteiger partial charge in [0.25, 0.3) is 0 Å². The molecule has 0 aromatic rings. The van der Waals surface area contributed by atoms with Crippen molar-refractivity contribution in [2.75, 3.05) is 0 Å². The number of hydrogen-bond acceptors (Lipinski definition) is 1. The zero-order chi connectivity index (χ0) is 10.4. The molecule has 1 heteroatoms. The van der Waals surface area contributed by atoms with Gasteiger partial charge in [0, 0.05) is 0 Å². The van der Waals surface area contributed by atoms with Crippen molar-refractivity contribution in [3.05, 3.63) is 0 Å². The van der Waals surface area contributed by atoms with E-state index in [4.69, 9.17) is 0 Å². The Morgan fingerprint density at radius 2 is 1.50 bits per heavy atom. The summed E-state index contributed by atoms with van der Waals surface area (Å²) in [5.74, 6) is 0.567. The van der Waals surface area contributed by atoms with Gasteiger partial charge in [-0.1, -0.05) is 46.0 Å². The van der Waals surface area contributed by atoms with Crippen molar-refractivity contribution in [2.45, 2.75) is 77.2 Å². The van der Waals surface area contributed by atoms with Gasteiger partial charge in [-0.25, -0.2) is 0 Å². The second-order valence-electron chi connectivity index (χ2n) is 4.94. The quantitative estimate of drug-likeness (QED) is 0.710. The molecule has 0 aromatic carbocycles. The van der Waals surface area contributed by atoms with Gasteiger partial charge in [-0.3, -0.25) is 0 Å². The van der Waals surface area contributed by atoms with Crippen molar-refractivity contribution in [1.29, 1.82) is 0 Å². The highest BCUT2D eigenvalue weighted by Crippen LogP contribution is 2.38. The van der Waals surface area contributed by atoms with Gasteiger partial charge in [-0.2, -0.15) is 0 Å². The fourth-order valence-electron chi connectivity index (χ4n) is 2.95. The Morgan fingerprint density at radius 1 is 1.00 bits per heavy atom. The van der Waals surface area contributed by atoms with Crippen LogP contribution in [0.3, 0.4) is 0 Å². The molecule has 1 nitrogen and oxygen atoms in total. The summed E-state index contributed by atoms with van der Waals surface area (Å²) < 4.78 is 0. The van der Waals surface area contributed by atoms with Crippen LogP contribution in [0.4, 0.5) is 0 Å². The van der Waals surface area contributed by atoms with E-state index in [2.05, 4.69) is 13.8 Å². The molecule has 84 valence electrons. The first-order valence-corrected chi connectivity index (χ1v) is 6.45.